The number of carbonyl (C=O) groups is 1. The molecule has 6 nitrogen and oxygen atoms in total. The number of carboxylic acids is 1. The average Bonchev–Trinajstić information content (AvgIpc) is 2.62. The predicted octanol–water partition coefficient (Wildman–Crippen LogP) is 2.24. The summed E-state index contributed by atoms with van der Waals surface area (Å²) < 4.78 is 5.21. The second-order valence-electron chi connectivity index (χ2n) is 3.75. The van der Waals surface area contributed by atoms with E-state index in [-0.39, 0.29) is 10.8 Å². The molecule has 94 valence electrons. The normalized spacial score (nSPS) is 10.6. The highest BCUT2D eigenvalue weighted by Gasteiger charge is 2.18. The smallest absolute Gasteiger partial charge is 0.338 e. The van der Waals surface area contributed by atoms with Crippen molar-refractivity contribution in [1.82, 2.24) is 15.2 Å². The van der Waals surface area contributed by atoms with Crippen LogP contribution < -0.4 is 0 Å². The molecule has 2 aromatic rings. The molecule has 2 rings (SSSR count). The summed E-state index contributed by atoms with van der Waals surface area (Å²) in [6.07, 6.45) is 0. The third-order valence-electron chi connectivity index (χ3n) is 2.22. The predicted molar refractivity (Wildman–Crippen MR) is 63.8 cm³/mol. The lowest BCUT2D eigenvalue weighted by Crippen LogP contribution is -2.05. The zero-order valence-corrected chi connectivity index (χ0v) is 10.9. The topological polar surface area (TPSA) is 89.1 Å². The highest BCUT2D eigenvalue weighted by atomic mass is 32.2. The van der Waals surface area contributed by atoms with Crippen molar-refractivity contribution in [2.75, 3.05) is 0 Å². The molecule has 7 heteroatoms. The van der Waals surface area contributed by atoms with Crippen molar-refractivity contribution in [1.29, 1.82) is 0 Å². The molecule has 18 heavy (non-hydrogen) atoms. The standard InChI is InChI=1S/C11H11N3O3S/c1-5-4-6(2)12-9(8(5)10(15)16)18-11-14-13-7(3)17-11/h4H,1-3H3,(H,15,16). The van der Waals surface area contributed by atoms with E-state index in [4.69, 9.17) is 4.42 Å². The van der Waals surface area contributed by atoms with Crippen molar-refractivity contribution in [3.63, 3.8) is 0 Å². The van der Waals surface area contributed by atoms with Crippen LogP contribution in [0.1, 0.15) is 27.5 Å². The minimum atomic E-state index is -1.02. The molecule has 0 amide bonds. The van der Waals surface area contributed by atoms with Crippen molar-refractivity contribution >= 4 is 17.7 Å². The first kappa shape index (κ1) is 12.6. The fourth-order valence-electron chi connectivity index (χ4n) is 1.54. The first-order chi connectivity index (χ1) is 8.47. The number of nitrogens with zero attached hydrogens (tertiary/aromatic N) is 3. The summed E-state index contributed by atoms with van der Waals surface area (Å²) in [5, 5.41) is 17.4. The van der Waals surface area contributed by atoms with Crippen LogP contribution in [0.2, 0.25) is 0 Å². The molecule has 0 aliphatic carbocycles. The molecule has 0 atom stereocenters. The molecule has 2 heterocycles. The van der Waals surface area contributed by atoms with Crippen molar-refractivity contribution in [3.8, 4) is 0 Å². The van der Waals surface area contributed by atoms with Gasteiger partial charge in [-0.15, -0.1) is 10.2 Å². The van der Waals surface area contributed by atoms with E-state index in [0.717, 1.165) is 17.5 Å². The van der Waals surface area contributed by atoms with Crippen LogP contribution in [0.5, 0.6) is 0 Å². The Hall–Kier alpha value is -1.89. The van der Waals surface area contributed by atoms with E-state index in [1.165, 1.54) is 0 Å². The molecule has 0 unspecified atom stereocenters. The molecule has 0 aliphatic rings. The van der Waals surface area contributed by atoms with Crippen molar-refractivity contribution in [2.24, 2.45) is 0 Å². The molecular weight excluding hydrogens is 254 g/mol. The SMILES string of the molecule is Cc1cc(C)c(C(=O)O)c(Sc2nnc(C)o2)n1. The van der Waals surface area contributed by atoms with Gasteiger partial charge in [0.05, 0.1) is 5.56 Å². The summed E-state index contributed by atoms with van der Waals surface area (Å²) in [5.41, 5.74) is 1.58. The molecule has 0 fully saturated rings. The van der Waals surface area contributed by atoms with E-state index in [9.17, 15) is 9.90 Å². The zero-order valence-electron chi connectivity index (χ0n) is 10.1. The first-order valence-electron chi connectivity index (χ1n) is 5.17. The van der Waals surface area contributed by atoms with Crippen LogP contribution in [0, 0.1) is 20.8 Å². The Balaban J connectivity index is 2.45. The number of aromatic nitrogens is 3. The first-order valence-corrected chi connectivity index (χ1v) is 5.98. The lowest BCUT2D eigenvalue weighted by Gasteiger charge is -2.07. The number of aromatic carboxylic acids is 1. The highest BCUT2D eigenvalue weighted by molar-refractivity contribution is 7.99. The Bertz CT molecular complexity index is 610. The van der Waals surface area contributed by atoms with Crippen LogP contribution in [0.25, 0.3) is 0 Å². The minimum absolute atomic E-state index is 0.168. The molecule has 2 aromatic heterocycles. The van der Waals surface area contributed by atoms with Gasteiger partial charge in [-0.25, -0.2) is 9.78 Å². The van der Waals surface area contributed by atoms with Crippen LogP contribution in [0.15, 0.2) is 20.7 Å². The van der Waals surface area contributed by atoms with E-state index < -0.39 is 5.97 Å². The largest absolute Gasteiger partial charge is 0.478 e. The Labute approximate surface area is 107 Å². The molecule has 0 aromatic carbocycles. The quantitative estimate of drug-likeness (QED) is 0.910. The van der Waals surface area contributed by atoms with Crippen LogP contribution in [0.3, 0.4) is 0 Å². The van der Waals surface area contributed by atoms with Gasteiger partial charge in [0.25, 0.3) is 5.22 Å². The van der Waals surface area contributed by atoms with E-state index in [1.54, 1.807) is 19.9 Å². The van der Waals surface area contributed by atoms with Crippen LogP contribution in [-0.2, 0) is 0 Å². The van der Waals surface area contributed by atoms with Gasteiger partial charge in [-0.2, -0.15) is 0 Å². The third kappa shape index (κ3) is 2.51. The molecule has 0 spiro atoms. The van der Waals surface area contributed by atoms with Gasteiger partial charge in [-0.1, -0.05) is 0 Å². The maximum atomic E-state index is 11.2. The molecule has 0 bridgehead atoms. The van der Waals surface area contributed by atoms with E-state index in [1.807, 2.05) is 6.92 Å². The summed E-state index contributed by atoms with van der Waals surface area (Å²) in [4.78, 5) is 15.4. The number of aryl methyl sites for hydroxylation is 3. The van der Waals surface area contributed by atoms with E-state index in [2.05, 4.69) is 15.2 Å². The Morgan fingerprint density at radius 1 is 1.33 bits per heavy atom. The van der Waals surface area contributed by atoms with Gasteiger partial charge in [0.1, 0.15) is 5.03 Å². The number of pyridine rings is 1. The highest BCUT2D eigenvalue weighted by Crippen LogP contribution is 2.29. The number of rotatable bonds is 3. The van der Waals surface area contributed by atoms with Gasteiger partial charge in [0.2, 0.25) is 5.89 Å². The molecule has 0 saturated heterocycles. The second-order valence-corrected chi connectivity index (χ2v) is 4.69. The lowest BCUT2D eigenvalue weighted by atomic mass is 10.1. The number of carboxylic acid groups (broad SMARTS) is 1. The molecule has 0 saturated carbocycles. The van der Waals surface area contributed by atoms with Crippen LogP contribution in [0.4, 0.5) is 0 Å². The van der Waals surface area contributed by atoms with Gasteiger partial charge in [0, 0.05) is 12.6 Å². The monoisotopic (exact) mass is 265 g/mol. The zero-order chi connectivity index (χ0) is 13.3. The lowest BCUT2D eigenvalue weighted by molar-refractivity contribution is 0.0691. The molecule has 1 N–H and O–H groups in total. The average molecular weight is 265 g/mol. The second kappa shape index (κ2) is 4.77. The van der Waals surface area contributed by atoms with E-state index >= 15 is 0 Å². The molecule has 0 radical (unpaired) electrons. The Morgan fingerprint density at radius 2 is 2.06 bits per heavy atom. The summed E-state index contributed by atoms with van der Waals surface area (Å²) in [6.45, 7) is 5.22. The molecular formula is C11H11N3O3S. The van der Waals surface area contributed by atoms with Gasteiger partial charge in [0.15, 0.2) is 0 Å². The van der Waals surface area contributed by atoms with Crippen LogP contribution in [-0.4, -0.2) is 26.3 Å². The van der Waals surface area contributed by atoms with Crippen LogP contribution >= 0.6 is 11.8 Å². The maximum absolute atomic E-state index is 11.2. The van der Waals surface area contributed by atoms with Crippen molar-refractivity contribution < 1.29 is 14.3 Å². The fraction of sp³-hybridized carbons (Fsp3) is 0.273. The molecule has 0 aliphatic heterocycles. The number of hydrogen-bond donors (Lipinski definition) is 1. The Kier molecular flexibility index (Phi) is 3.33. The van der Waals surface area contributed by atoms with Gasteiger partial charge < -0.3 is 9.52 Å². The summed E-state index contributed by atoms with van der Waals surface area (Å²) in [6, 6.07) is 1.73. The summed E-state index contributed by atoms with van der Waals surface area (Å²) >= 11 is 1.06. The Morgan fingerprint density at radius 3 is 2.61 bits per heavy atom. The summed E-state index contributed by atoms with van der Waals surface area (Å²) in [7, 11) is 0. The van der Waals surface area contributed by atoms with Gasteiger partial charge >= 0.3 is 5.97 Å². The third-order valence-corrected chi connectivity index (χ3v) is 3.05. The van der Waals surface area contributed by atoms with E-state index in [0.29, 0.717) is 16.5 Å². The van der Waals surface area contributed by atoms with Crippen molar-refractivity contribution in [3.05, 3.63) is 28.8 Å². The minimum Gasteiger partial charge on any atom is -0.478 e. The van der Waals surface area contributed by atoms with Gasteiger partial charge in [-0.05, 0) is 37.2 Å². The maximum Gasteiger partial charge on any atom is 0.338 e. The van der Waals surface area contributed by atoms with Gasteiger partial charge in [-0.3, -0.25) is 0 Å². The fourth-order valence-corrected chi connectivity index (χ4v) is 2.49. The number of hydrogen-bond acceptors (Lipinski definition) is 6. The van der Waals surface area contributed by atoms with Crippen molar-refractivity contribution in [2.45, 2.75) is 31.0 Å². The summed E-state index contributed by atoms with van der Waals surface area (Å²) in [5.74, 6) is -0.586.